The summed E-state index contributed by atoms with van der Waals surface area (Å²) < 4.78 is 2.35. The van der Waals surface area contributed by atoms with Crippen LogP contribution in [-0.2, 0) is 19.5 Å². The van der Waals surface area contributed by atoms with Gasteiger partial charge >= 0.3 is 0 Å². The average Bonchev–Trinajstić information content (AvgIpc) is 3.10. The summed E-state index contributed by atoms with van der Waals surface area (Å²) in [5.74, 6) is 1.59. The summed E-state index contributed by atoms with van der Waals surface area (Å²) in [5.41, 5.74) is 11.8. The Morgan fingerprint density at radius 2 is 1.77 bits per heavy atom. The number of unbranched alkanes of at least 4 members (excludes halogenated alkanes) is 1. The van der Waals surface area contributed by atoms with Crippen molar-refractivity contribution in [1.82, 2.24) is 19.9 Å². The van der Waals surface area contributed by atoms with Crippen molar-refractivity contribution >= 4 is 27.8 Å². The number of nitrogens with two attached hydrogens (primary N) is 1. The van der Waals surface area contributed by atoms with E-state index in [0.717, 1.165) is 60.1 Å². The second kappa shape index (κ2) is 8.67. The molecule has 0 amide bonds. The van der Waals surface area contributed by atoms with Gasteiger partial charge in [0, 0.05) is 30.4 Å². The Morgan fingerprint density at radius 1 is 1.00 bits per heavy atom. The summed E-state index contributed by atoms with van der Waals surface area (Å²) in [4.78, 5) is 9.55. The number of nitrogen functional groups attached to an aromatic ring is 1. The zero-order valence-electron chi connectivity index (χ0n) is 19.1. The van der Waals surface area contributed by atoms with Gasteiger partial charge in [-0.1, -0.05) is 55.8 Å². The van der Waals surface area contributed by atoms with Gasteiger partial charge in [0.2, 0.25) is 0 Å². The van der Waals surface area contributed by atoms with E-state index in [-0.39, 0.29) is 5.54 Å². The fourth-order valence-corrected chi connectivity index (χ4v) is 3.99. The molecule has 0 spiro atoms. The van der Waals surface area contributed by atoms with Gasteiger partial charge in [0.1, 0.15) is 11.3 Å². The van der Waals surface area contributed by atoms with Crippen LogP contribution in [0.2, 0.25) is 0 Å². The lowest BCUT2D eigenvalue weighted by atomic mass is 10.1. The number of aryl methyl sites for hydroxylation is 1. The second-order valence-electron chi connectivity index (χ2n) is 9.35. The Hall–Kier alpha value is -2.92. The summed E-state index contributed by atoms with van der Waals surface area (Å²) in [5, 5.41) is 4.69. The van der Waals surface area contributed by atoms with Gasteiger partial charge in [-0.3, -0.25) is 0 Å². The molecule has 5 heteroatoms. The Morgan fingerprint density at radius 3 is 2.55 bits per heavy atom. The third-order valence-electron chi connectivity index (χ3n) is 5.60. The van der Waals surface area contributed by atoms with E-state index < -0.39 is 0 Å². The number of fused-ring (bicyclic) bond motifs is 3. The summed E-state index contributed by atoms with van der Waals surface area (Å²) in [6.07, 6.45) is 3.17. The predicted molar refractivity (Wildman–Crippen MR) is 130 cm³/mol. The fraction of sp³-hybridized carbons (Fsp3) is 0.385. The Kier molecular flexibility index (Phi) is 5.96. The maximum atomic E-state index is 6.34. The van der Waals surface area contributed by atoms with Crippen molar-refractivity contribution in [3.8, 4) is 0 Å². The molecule has 2 aromatic carbocycles. The minimum absolute atomic E-state index is 0.0906. The summed E-state index contributed by atoms with van der Waals surface area (Å²) in [6.45, 7) is 10.4. The maximum Gasteiger partial charge on any atom is 0.152 e. The highest BCUT2D eigenvalue weighted by atomic mass is 15.1. The second-order valence-corrected chi connectivity index (χ2v) is 9.35. The number of rotatable bonds is 7. The first kappa shape index (κ1) is 21.3. The highest BCUT2D eigenvalue weighted by Crippen LogP contribution is 2.30. The molecule has 4 rings (SSSR count). The van der Waals surface area contributed by atoms with Gasteiger partial charge in [-0.05, 0) is 44.4 Å². The summed E-state index contributed by atoms with van der Waals surface area (Å²) in [7, 11) is 0. The monoisotopic (exact) mass is 415 g/mol. The molecule has 162 valence electrons. The van der Waals surface area contributed by atoms with Crippen LogP contribution in [0, 0.1) is 0 Å². The molecule has 4 aromatic rings. The summed E-state index contributed by atoms with van der Waals surface area (Å²) >= 11 is 0. The first-order valence-electron chi connectivity index (χ1n) is 11.2. The van der Waals surface area contributed by atoms with Crippen LogP contribution < -0.4 is 11.1 Å². The minimum atomic E-state index is 0.0906. The molecule has 3 N–H and O–H groups in total. The van der Waals surface area contributed by atoms with Crippen LogP contribution in [0.4, 0.5) is 5.82 Å². The van der Waals surface area contributed by atoms with Gasteiger partial charge in [0.15, 0.2) is 5.82 Å². The molecule has 0 bridgehead atoms. The lowest BCUT2D eigenvalue weighted by Gasteiger charge is -2.21. The highest BCUT2D eigenvalue weighted by Gasteiger charge is 2.17. The normalized spacial score (nSPS) is 12.1. The molecule has 2 aromatic heterocycles. The van der Waals surface area contributed by atoms with Crippen molar-refractivity contribution < 1.29 is 0 Å². The summed E-state index contributed by atoms with van der Waals surface area (Å²) in [6, 6.07) is 17.0. The van der Waals surface area contributed by atoms with E-state index in [2.05, 4.69) is 79.0 Å². The van der Waals surface area contributed by atoms with Crippen LogP contribution >= 0.6 is 0 Å². The van der Waals surface area contributed by atoms with Crippen molar-refractivity contribution in [3.05, 3.63) is 65.5 Å². The van der Waals surface area contributed by atoms with Gasteiger partial charge in [0.05, 0.1) is 11.0 Å². The van der Waals surface area contributed by atoms with Gasteiger partial charge in [-0.15, -0.1) is 0 Å². The van der Waals surface area contributed by atoms with Crippen molar-refractivity contribution in [1.29, 1.82) is 0 Å². The van der Waals surface area contributed by atoms with Crippen molar-refractivity contribution in [2.45, 2.75) is 65.6 Å². The molecule has 0 fully saturated rings. The molecule has 31 heavy (non-hydrogen) atoms. The number of hydrogen-bond donors (Lipinski definition) is 2. The highest BCUT2D eigenvalue weighted by molar-refractivity contribution is 6.06. The van der Waals surface area contributed by atoms with E-state index in [1.165, 1.54) is 11.1 Å². The quantitative estimate of drug-likeness (QED) is 0.421. The van der Waals surface area contributed by atoms with Crippen molar-refractivity contribution in [2.75, 3.05) is 5.73 Å². The van der Waals surface area contributed by atoms with E-state index in [0.29, 0.717) is 5.82 Å². The van der Waals surface area contributed by atoms with Crippen LogP contribution in [0.1, 0.15) is 57.5 Å². The van der Waals surface area contributed by atoms with Gasteiger partial charge in [0.25, 0.3) is 0 Å². The third-order valence-corrected chi connectivity index (χ3v) is 5.60. The molecule has 0 saturated heterocycles. The van der Waals surface area contributed by atoms with E-state index >= 15 is 0 Å². The zero-order chi connectivity index (χ0) is 22.0. The standard InChI is InChI=1S/C26H33N5/c1-5-6-14-22-30-23-24(20-12-7-8-13-21(20)29-25(23)27)31(22)17-19-11-9-10-18(15-19)16-28-26(2,3)4/h7-13,15,28H,5-6,14,16-17H2,1-4H3,(H2,27,29). The molecule has 5 nitrogen and oxygen atoms in total. The SMILES string of the molecule is CCCCc1nc2c(N)nc3ccccc3c2n1Cc1cccc(CNC(C)(C)C)c1. The number of nitrogens with zero attached hydrogens (tertiary/aromatic N) is 3. The molecule has 0 aliphatic rings. The number of anilines is 1. The number of benzene rings is 2. The molecular weight excluding hydrogens is 382 g/mol. The van der Waals surface area contributed by atoms with E-state index in [4.69, 9.17) is 10.7 Å². The lowest BCUT2D eigenvalue weighted by Crippen LogP contribution is -2.35. The molecule has 0 saturated carbocycles. The minimum Gasteiger partial charge on any atom is -0.382 e. The van der Waals surface area contributed by atoms with Crippen LogP contribution in [0.25, 0.3) is 21.9 Å². The topological polar surface area (TPSA) is 68.8 Å². The first-order chi connectivity index (χ1) is 14.9. The van der Waals surface area contributed by atoms with Crippen LogP contribution in [-0.4, -0.2) is 20.1 Å². The van der Waals surface area contributed by atoms with Gasteiger partial charge in [-0.25, -0.2) is 9.97 Å². The number of pyridine rings is 1. The largest absolute Gasteiger partial charge is 0.382 e. The number of hydrogen-bond acceptors (Lipinski definition) is 4. The predicted octanol–water partition coefficient (Wildman–Crippen LogP) is 5.45. The van der Waals surface area contributed by atoms with Crippen LogP contribution in [0.5, 0.6) is 0 Å². The molecule has 0 aliphatic carbocycles. The Bertz CT molecular complexity index is 1200. The number of imidazole rings is 1. The van der Waals surface area contributed by atoms with Gasteiger partial charge in [-0.2, -0.15) is 0 Å². The zero-order valence-corrected chi connectivity index (χ0v) is 19.1. The Labute approximate surface area is 184 Å². The molecule has 0 aliphatic heterocycles. The first-order valence-corrected chi connectivity index (χ1v) is 11.2. The van der Waals surface area contributed by atoms with Crippen molar-refractivity contribution in [2.24, 2.45) is 0 Å². The number of para-hydroxylation sites is 1. The molecule has 2 heterocycles. The van der Waals surface area contributed by atoms with Crippen LogP contribution in [0.3, 0.4) is 0 Å². The fourth-order valence-electron chi connectivity index (χ4n) is 3.99. The van der Waals surface area contributed by atoms with Crippen LogP contribution in [0.15, 0.2) is 48.5 Å². The smallest absolute Gasteiger partial charge is 0.152 e. The van der Waals surface area contributed by atoms with E-state index in [9.17, 15) is 0 Å². The third kappa shape index (κ3) is 4.72. The Balaban J connectivity index is 1.79. The number of aromatic nitrogens is 3. The molecule has 0 atom stereocenters. The van der Waals surface area contributed by atoms with Gasteiger partial charge < -0.3 is 15.6 Å². The number of nitrogens with one attached hydrogen (secondary N) is 1. The van der Waals surface area contributed by atoms with E-state index in [1.54, 1.807) is 0 Å². The molecule has 0 unspecified atom stereocenters. The lowest BCUT2D eigenvalue weighted by molar-refractivity contribution is 0.424. The van der Waals surface area contributed by atoms with E-state index in [1.807, 2.05) is 12.1 Å². The van der Waals surface area contributed by atoms with Crippen molar-refractivity contribution in [3.63, 3.8) is 0 Å². The average molecular weight is 416 g/mol. The molecular formula is C26H33N5. The maximum absolute atomic E-state index is 6.34. The molecule has 0 radical (unpaired) electrons.